The van der Waals surface area contributed by atoms with Gasteiger partial charge in [0.1, 0.15) is 6.33 Å². The third-order valence-corrected chi connectivity index (χ3v) is 3.42. The van der Waals surface area contributed by atoms with Crippen molar-refractivity contribution < 1.29 is 9.47 Å². The summed E-state index contributed by atoms with van der Waals surface area (Å²) in [6.45, 7) is 4.20. The lowest BCUT2D eigenvalue weighted by molar-refractivity contribution is 0.174. The van der Waals surface area contributed by atoms with Crippen molar-refractivity contribution in [3.63, 3.8) is 0 Å². The predicted octanol–water partition coefficient (Wildman–Crippen LogP) is 1.42. The molecule has 2 heterocycles. The molecule has 0 aliphatic carbocycles. The predicted molar refractivity (Wildman–Crippen MR) is 101 cm³/mol. The number of fused-ring (bicyclic) bond motifs is 1. The Morgan fingerprint density at radius 1 is 1.29 bits per heavy atom. The number of aliphatic imine (C=N–C) groups is 1. The van der Waals surface area contributed by atoms with Gasteiger partial charge in [-0.05, 0) is 24.6 Å². The average molecular weight is 444 g/mol. The summed E-state index contributed by atoms with van der Waals surface area (Å²) in [5.41, 5.74) is 1.06. The number of hydrogen-bond donors (Lipinski definition) is 2. The second-order valence-electron chi connectivity index (χ2n) is 5.09. The Labute approximate surface area is 157 Å². The van der Waals surface area contributed by atoms with Crippen LogP contribution >= 0.6 is 24.0 Å². The van der Waals surface area contributed by atoms with Gasteiger partial charge < -0.3 is 24.7 Å². The first kappa shape index (κ1) is 18.3. The van der Waals surface area contributed by atoms with E-state index >= 15 is 0 Å². The minimum absolute atomic E-state index is 0. The summed E-state index contributed by atoms with van der Waals surface area (Å²) in [7, 11) is 1.91. The Hall–Kier alpha value is -2.04. The van der Waals surface area contributed by atoms with Crippen molar-refractivity contribution in [1.82, 2.24) is 25.4 Å². The molecule has 0 amide bonds. The number of rotatable bonds is 5. The van der Waals surface area contributed by atoms with Crippen molar-refractivity contribution in [2.45, 2.75) is 20.0 Å². The van der Waals surface area contributed by atoms with Gasteiger partial charge in [0.15, 0.2) is 23.3 Å². The van der Waals surface area contributed by atoms with Gasteiger partial charge in [0, 0.05) is 13.6 Å². The molecule has 0 bridgehead atoms. The molecule has 0 saturated heterocycles. The summed E-state index contributed by atoms with van der Waals surface area (Å²) in [5.74, 6) is 3.13. The Bertz CT molecular complexity index is 703. The summed E-state index contributed by atoms with van der Waals surface area (Å²) in [6, 6.07) is 5.86. The van der Waals surface area contributed by atoms with Crippen molar-refractivity contribution in [3.8, 4) is 11.5 Å². The molecule has 0 unspecified atom stereocenters. The van der Waals surface area contributed by atoms with E-state index in [1.807, 2.05) is 36.7 Å². The third-order valence-electron chi connectivity index (χ3n) is 3.42. The molecule has 2 aromatic rings. The van der Waals surface area contributed by atoms with Gasteiger partial charge in [-0.15, -0.1) is 34.2 Å². The Balaban J connectivity index is 0.00000208. The second kappa shape index (κ2) is 8.71. The number of benzene rings is 1. The smallest absolute Gasteiger partial charge is 0.231 e. The SMILES string of the molecule is CCNC(=NCc1ccc2c(c1)OCO2)NCc1nncn1C.I. The Morgan fingerprint density at radius 2 is 2.12 bits per heavy atom. The normalized spacial score (nSPS) is 12.7. The first-order valence-electron chi connectivity index (χ1n) is 7.50. The molecule has 9 heteroatoms. The summed E-state index contributed by atoms with van der Waals surface area (Å²) in [4.78, 5) is 4.58. The van der Waals surface area contributed by atoms with Crippen molar-refractivity contribution in [1.29, 1.82) is 0 Å². The molecule has 0 fully saturated rings. The Kier molecular flexibility index (Phi) is 6.64. The van der Waals surface area contributed by atoms with Crippen molar-refractivity contribution in [2.24, 2.45) is 12.0 Å². The molecule has 8 nitrogen and oxygen atoms in total. The van der Waals surface area contributed by atoms with Crippen LogP contribution in [0.25, 0.3) is 0 Å². The monoisotopic (exact) mass is 444 g/mol. The van der Waals surface area contributed by atoms with Crippen LogP contribution in [0.1, 0.15) is 18.3 Å². The van der Waals surface area contributed by atoms with Crippen LogP contribution in [0.4, 0.5) is 0 Å². The highest BCUT2D eigenvalue weighted by Gasteiger charge is 2.13. The number of nitrogens with zero attached hydrogens (tertiary/aromatic N) is 4. The van der Waals surface area contributed by atoms with Crippen LogP contribution in [0.5, 0.6) is 11.5 Å². The van der Waals surface area contributed by atoms with Gasteiger partial charge in [0.05, 0.1) is 13.1 Å². The number of hydrogen-bond acceptors (Lipinski definition) is 5. The van der Waals surface area contributed by atoms with Crippen LogP contribution in [0.3, 0.4) is 0 Å². The molecule has 3 rings (SSSR count). The fourth-order valence-corrected chi connectivity index (χ4v) is 2.18. The maximum absolute atomic E-state index is 5.38. The minimum atomic E-state index is 0. The van der Waals surface area contributed by atoms with Gasteiger partial charge in [-0.1, -0.05) is 6.07 Å². The van der Waals surface area contributed by atoms with Gasteiger partial charge in [-0.25, -0.2) is 4.99 Å². The largest absolute Gasteiger partial charge is 0.454 e. The second-order valence-corrected chi connectivity index (χ2v) is 5.09. The molecule has 1 aliphatic heterocycles. The van der Waals surface area contributed by atoms with Crippen LogP contribution in [-0.2, 0) is 20.1 Å². The molecule has 0 atom stereocenters. The highest BCUT2D eigenvalue weighted by atomic mass is 127. The molecule has 130 valence electrons. The highest BCUT2D eigenvalue weighted by molar-refractivity contribution is 14.0. The number of nitrogens with one attached hydrogen (secondary N) is 2. The first-order valence-corrected chi connectivity index (χ1v) is 7.50. The van der Waals surface area contributed by atoms with Crippen LogP contribution in [0.15, 0.2) is 29.5 Å². The van der Waals surface area contributed by atoms with E-state index < -0.39 is 0 Å². The first-order chi connectivity index (χ1) is 11.3. The van der Waals surface area contributed by atoms with Crippen LogP contribution in [0.2, 0.25) is 0 Å². The Morgan fingerprint density at radius 3 is 2.88 bits per heavy atom. The number of aromatic nitrogens is 3. The zero-order valence-electron chi connectivity index (χ0n) is 13.7. The number of guanidine groups is 1. The number of ether oxygens (including phenoxy) is 2. The highest BCUT2D eigenvalue weighted by Crippen LogP contribution is 2.32. The summed E-state index contributed by atoms with van der Waals surface area (Å²) < 4.78 is 12.6. The molecule has 1 aromatic carbocycles. The molecular weight excluding hydrogens is 423 g/mol. The number of aryl methyl sites for hydroxylation is 1. The average Bonchev–Trinajstić information content (AvgIpc) is 3.18. The molecule has 24 heavy (non-hydrogen) atoms. The fraction of sp³-hybridized carbons (Fsp3) is 0.400. The maximum atomic E-state index is 5.38. The van der Waals surface area contributed by atoms with E-state index in [9.17, 15) is 0 Å². The summed E-state index contributed by atoms with van der Waals surface area (Å²) in [5, 5.41) is 14.4. The van der Waals surface area contributed by atoms with E-state index in [1.165, 1.54) is 0 Å². The topological polar surface area (TPSA) is 85.6 Å². The minimum Gasteiger partial charge on any atom is -0.454 e. The lowest BCUT2D eigenvalue weighted by Crippen LogP contribution is -2.37. The van der Waals surface area contributed by atoms with Crippen LogP contribution in [-0.4, -0.2) is 34.1 Å². The van der Waals surface area contributed by atoms with Gasteiger partial charge in [-0.2, -0.15) is 0 Å². The molecule has 1 aliphatic rings. The van der Waals surface area contributed by atoms with Crippen molar-refractivity contribution >= 4 is 29.9 Å². The summed E-state index contributed by atoms with van der Waals surface area (Å²) >= 11 is 0. The van der Waals surface area contributed by atoms with E-state index in [1.54, 1.807) is 6.33 Å². The molecule has 0 radical (unpaired) electrons. The van der Waals surface area contributed by atoms with E-state index in [4.69, 9.17) is 9.47 Å². The third kappa shape index (κ3) is 4.49. The van der Waals surface area contributed by atoms with Gasteiger partial charge >= 0.3 is 0 Å². The van der Waals surface area contributed by atoms with Gasteiger partial charge in [0.25, 0.3) is 0 Å². The molecular formula is C15H21IN6O2. The molecule has 2 N–H and O–H groups in total. The standard InChI is InChI=1S/C15H20N6O2.HI/c1-3-16-15(18-8-14-20-19-9-21(14)2)17-7-11-4-5-12-13(6-11)23-10-22-12;/h4-6,9H,3,7-8,10H2,1-2H3,(H2,16,17,18);1H. The maximum Gasteiger partial charge on any atom is 0.231 e. The molecule has 1 aromatic heterocycles. The lowest BCUT2D eigenvalue weighted by Gasteiger charge is -2.11. The fourth-order valence-electron chi connectivity index (χ4n) is 2.18. The molecule has 0 saturated carbocycles. The van der Waals surface area contributed by atoms with Crippen molar-refractivity contribution in [2.75, 3.05) is 13.3 Å². The van der Waals surface area contributed by atoms with E-state index in [0.29, 0.717) is 13.1 Å². The number of halogens is 1. The van der Waals surface area contributed by atoms with E-state index in [0.717, 1.165) is 35.4 Å². The zero-order chi connectivity index (χ0) is 16.1. The molecule has 0 spiro atoms. The van der Waals surface area contributed by atoms with Gasteiger partial charge in [-0.3, -0.25) is 0 Å². The van der Waals surface area contributed by atoms with E-state index in [-0.39, 0.29) is 30.8 Å². The van der Waals surface area contributed by atoms with Crippen LogP contribution < -0.4 is 20.1 Å². The van der Waals surface area contributed by atoms with E-state index in [2.05, 4.69) is 25.8 Å². The van der Waals surface area contributed by atoms with Gasteiger partial charge in [0.2, 0.25) is 6.79 Å². The van der Waals surface area contributed by atoms with Crippen LogP contribution in [0, 0.1) is 0 Å². The zero-order valence-corrected chi connectivity index (χ0v) is 16.0. The van der Waals surface area contributed by atoms with Crippen molar-refractivity contribution in [3.05, 3.63) is 35.9 Å². The quantitative estimate of drug-likeness (QED) is 0.412. The summed E-state index contributed by atoms with van der Waals surface area (Å²) in [6.07, 6.45) is 1.67. The lowest BCUT2D eigenvalue weighted by atomic mass is 10.2.